The average Bonchev–Trinajstić information content (AvgIpc) is 2.46. The minimum absolute atomic E-state index is 0.484. The zero-order valence-electron chi connectivity index (χ0n) is 6.98. The number of benzene rings is 1. The van der Waals surface area contributed by atoms with Crippen molar-refractivity contribution >= 4 is 5.97 Å². The molecule has 0 aliphatic carbocycles. The van der Waals surface area contributed by atoms with Crippen molar-refractivity contribution in [1.82, 2.24) is 0 Å². The first-order valence-electron chi connectivity index (χ1n) is 3.83. The Balaban J connectivity index is 2.30. The number of fused-ring (bicyclic) bond motifs is 1. The normalized spacial score (nSPS) is 18.7. The predicted molar refractivity (Wildman–Crippen MR) is 43.9 cm³/mol. The predicted octanol–water partition coefficient (Wildman–Crippen LogP) is 1.18. The molecule has 2 rings (SSSR count). The van der Waals surface area contributed by atoms with E-state index in [2.05, 4.69) is 0 Å². The van der Waals surface area contributed by atoms with Gasteiger partial charge in [-0.3, -0.25) is 0 Å². The molecule has 0 bridgehead atoms. The highest BCUT2D eigenvalue weighted by molar-refractivity contribution is 5.73. The smallest absolute Gasteiger partial charge is 0.387 e. The molecule has 0 radical (unpaired) electrons. The molecule has 1 aromatic rings. The van der Waals surface area contributed by atoms with E-state index in [4.69, 9.17) is 14.6 Å². The second-order valence-electron chi connectivity index (χ2n) is 2.86. The van der Waals surface area contributed by atoms with Crippen LogP contribution in [0.1, 0.15) is 5.56 Å². The van der Waals surface area contributed by atoms with Gasteiger partial charge in [-0.15, -0.1) is 0 Å². The number of hydrogen-bond acceptors (Lipinski definition) is 3. The molecule has 0 spiro atoms. The molecule has 1 N–H and O–H groups in total. The van der Waals surface area contributed by atoms with Gasteiger partial charge in [-0.2, -0.15) is 0 Å². The molecular formula is C9H8O4. The average molecular weight is 180 g/mol. The highest BCUT2D eigenvalue weighted by Gasteiger charge is 2.30. The van der Waals surface area contributed by atoms with Gasteiger partial charge in [0, 0.05) is 0 Å². The van der Waals surface area contributed by atoms with Crippen molar-refractivity contribution < 1.29 is 19.4 Å². The van der Waals surface area contributed by atoms with Crippen molar-refractivity contribution in [3.8, 4) is 11.5 Å². The molecule has 4 nitrogen and oxygen atoms in total. The van der Waals surface area contributed by atoms with Crippen molar-refractivity contribution in [3.63, 3.8) is 0 Å². The number of hydrogen-bond donors (Lipinski definition) is 1. The number of aliphatic carboxylic acids is 1. The van der Waals surface area contributed by atoms with Gasteiger partial charge < -0.3 is 14.6 Å². The molecule has 4 heteroatoms. The number of carbonyl (C=O) groups is 1. The molecule has 1 atom stereocenters. The molecular weight excluding hydrogens is 172 g/mol. The Morgan fingerprint density at radius 1 is 1.38 bits per heavy atom. The van der Waals surface area contributed by atoms with Crippen LogP contribution in [-0.2, 0) is 4.79 Å². The maximum Gasteiger partial charge on any atom is 0.387 e. The van der Waals surface area contributed by atoms with Crippen LogP contribution in [0.25, 0.3) is 0 Å². The SMILES string of the molecule is Cc1ccc2c(c1)OC(C(=O)O)O2. The van der Waals surface area contributed by atoms with Crippen LogP contribution in [0.4, 0.5) is 0 Å². The molecule has 1 aromatic carbocycles. The Kier molecular flexibility index (Phi) is 1.62. The van der Waals surface area contributed by atoms with E-state index in [0.717, 1.165) is 5.56 Å². The van der Waals surface area contributed by atoms with E-state index in [1.54, 1.807) is 12.1 Å². The minimum atomic E-state index is -1.20. The van der Waals surface area contributed by atoms with E-state index >= 15 is 0 Å². The Morgan fingerprint density at radius 3 is 2.77 bits per heavy atom. The van der Waals surface area contributed by atoms with Crippen molar-refractivity contribution in [1.29, 1.82) is 0 Å². The van der Waals surface area contributed by atoms with Crippen molar-refractivity contribution in [2.24, 2.45) is 0 Å². The van der Waals surface area contributed by atoms with Crippen LogP contribution in [0, 0.1) is 6.92 Å². The quantitative estimate of drug-likeness (QED) is 0.704. The van der Waals surface area contributed by atoms with Crippen LogP contribution >= 0.6 is 0 Å². The van der Waals surface area contributed by atoms with E-state index in [9.17, 15) is 4.79 Å². The molecule has 0 amide bonds. The number of rotatable bonds is 1. The third kappa shape index (κ3) is 1.30. The summed E-state index contributed by atoms with van der Waals surface area (Å²) in [4.78, 5) is 10.5. The fourth-order valence-corrected chi connectivity index (χ4v) is 1.16. The summed E-state index contributed by atoms with van der Waals surface area (Å²) in [5, 5.41) is 8.60. The highest BCUT2D eigenvalue weighted by Crippen LogP contribution is 2.35. The van der Waals surface area contributed by atoms with Gasteiger partial charge in [0.15, 0.2) is 11.5 Å². The largest absolute Gasteiger partial charge is 0.476 e. The summed E-state index contributed by atoms with van der Waals surface area (Å²) in [7, 11) is 0. The fraction of sp³-hybridized carbons (Fsp3) is 0.222. The summed E-state index contributed by atoms with van der Waals surface area (Å²) in [6, 6.07) is 5.29. The zero-order chi connectivity index (χ0) is 9.42. The lowest BCUT2D eigenvalue weighted by Crippen LogP contribution is -2.28. The van der Waals surface area contributed by atoms with E-state index in [1.807, 2.05) is 13.0 Å². The molecule has 13 heavy (non-hydrogen) atoms. The van der Waals surface area contributed by atoms with E-state index in [0.29, 0.717) is 11.5 Å². The van der Waals surface area contributed by atoms with Gasteiger partial charge >= 0.3 is 12.3 Å². The van der Waals surface area contributed by atoms with Crippen LogP contribution in [0.3, 0.4) is 0 Å². The monoisotopic (exact) mass is 180 g/mol. The molecule has 1 unspecified atom stereocenters. The molecule has 1 aliphatic rings. The fourth-order valence-electron chi connectivity index (χ4n) is 1.16. The highest BCUT2D eigenvalue weighted by atomic mass is 16.7. The van der Waals surface area contributed by atoms with Crippen molar-refractivity contribution in [2.75, 3.05) is 0 Å². The molecule has 0 aromatic heterocycles. The number of carboxylic acid groups (broad SMARTS) is 1. The third-order valence-electron chi connectivity index (χ3n) is 1.77. The van der Waals surface area contributed by atoms with Gasteiger partial charge in [0.1, 0.15) is 0 Å². The Bertz CT molecular complexity index is 359. The van der Waals surface area contributed by atoms with Crippen LogP contribution in [0.5, 0.6) is 11.5 Å². The lowest BCUT2D eigenvalue weighted by Gasteiger charge is -2.02. The van der Waals surface area contributed by atoms with E-state index < -0.39 is 12.3 Å². The van der Waals surface area contributed by atoms with E-state index in [-0.39, 0.29) is 0 Å². The van der Waals surface area contributed by atoms with Crippen LogP contribution in [0.2, 0.25) is 0 Å². The molecule has 1 heterocycles. The molecule has 1 aliphatic heterocycles. The first kappa shape index (κ1) is 7.91. The molecule has 0 fully saturated rings. The van der Waals surface area contributed by atoms with E-state index in [1.165, 1.54) is 0 Å². The third-order valence-corrected chi connectivity index (χ3v) is 1.77. The van der Waals surface area contributed by atoms with Gasteiger partial charge in [-0.1, -0.05) is 6.07 Å². The molecule has 68 valence electrons. The van der Waals surface area contributed by atoms with Crippen LogP contribution < -0.4 is 9.47 Å². The van der Waals surface area contributed by atoms with Gasteiger partial charge in [0.2, 0.25) is 0 Å². The summed E-state index contributed by atoms with van der Waals surface area (Å²) in [5.41, 5.74) is 1.01. The van der Waals surface area contributed by atoms with Crippen LogP contribution in [0.15, 0.2) is 18.2 Å². The second-order valence-corrected chi connectivity index (χ2v) is 2.86. The van der Waals surface area contributed by atoms with Gasteiger partial charge in [-0.25, -0.2) is 4.79 Å². The zero-order valence-corrected chi connectivity index (χ0v) is 6.98. The maximum absolute atomic E-state index is 10.5. The number of carboxylic acids is 1. The first-order chi connectivity index (χ1) is 6.16. The summed E-state index contributed by atoms with van der Waals surface area (Å²) in [6.45, 7) is 1.90. The topological polar surface area (TPSA) is 55.8 Å². The standard InChI is InChI=1S/C9H8O4/c1-5-2-3-6-7(4-5)13-9(12-6)8(10)11/h2-4,9H,1H3,(H,10,11). The lowest BCUT2D eigenvalue weighted by atomic mass is 10.2. The minimum Gasteiger partial charge on any atom is -0.476 e. The molecule has 0 saturated carbocycles. The van der Waals surface area contributed by atoms with Gasteiger partial charge in [0.25, 0.3) is 0 Å². The summed E-state index contributed by atoms with van der Waals surface area (Å²) >= 11 is 0. The molecule has 0 saturated heterocycles. The Hall–Kier alpha value is -1.71. The summed E-state index contributed by atoms with van der Waals surface area (Å²) in [6.07, 6.45) is -1.20. The maximum atomic E-state index is 10.5. The van der Waals surface area contributed by atoms with Gasteiger partial charge in [-0.05, 0) is 24.6 Å². The second kappa shape index (κ2) is 2.65. The first-order valence-corrected chi connectivity index (χ1v) is 3.83. The Labute approximate surface area is 74.7 Å². The number of aryl methyl sites for hydroxylation is 1. The summed E-state index contributed by atoms with van der Waals surface area (Å²) in [5.74, 6) is -0.140. The van der Waals surface area contributed by atoms with Crippen molar-refractivity contribution in [3.05, 3.63) is 23.8 Å². The lowest BCUT2D eigenvalue weighted by molar-refractivity contribution is -0.154. The van der Waals surface area contributed by atoms with Gasteiger partial charge in [0.05, 0.1) is 0 Å². The van der Waals surface area contributed by atoms with Crippen LogP contribution in [-0.4, -0.2) is 17.4 Å². The summed E-state index contributed by atoms with van der Waals surface area (Å²) < 4.78 is 10.0. The Morgan fingerprint density at radius 2 is 2.08 bits per heavy atom. The number of ether oxygens (including phenoxy) is 2. The van der Waals surface area contributed by atoms with Crippen molar-refractivity contribution in [2.45, 2.75) is 13.2 Å².